The van der Waals surface area contributed by atoms with Crippen LogP contribution in [0.5, 0.6) is 5.75 Å². The van der Waals surface area contributed by atoms with Gasteiger partial charge < -0.3 is 30.5 Å². The van der Waals surface area contributed by atoms with E-state index in [1.54, 1.807) is 31.2 Å². The minimum absolute atomic E-state index is 0.0185. The van der Waals surface area contributed by atoms with Gasteiger partial charge in [-0.05, 0) is 90.8 Å². The number of rotatable bonds is 13. The summed E-state index contributed by atoms with van der Waals surface area (Å²) in [5.74, 6) is 0.828. The molecule has 2 bridgehead atoms. The molecule has 4 fully saturated rings. The van der Waals surface area contributed by atoms with Crippen molar-refractivity contribution in [1.82, 2.24) is 15.7 Å². The molecule has 0 spiro atoms. The van der Waals surface area contributed by atoms with E-state index in [0.717, 1.165) is 23.2 Å². The maximum Gasteiger partial charge on any atom is 0.251 e. The largest absolute Gasteiger partial charge is 0.496 e. The Hall–Kier alpha value is -3.67. The van der Waals surface area contributed by atoms with E-state index in [1.165, 1.54) is 6.42 Å². The maximum atomic E-state index is 14.3. The van der Waals surface area contributed by atoms with Gasteiger partial charge in [-0.2, -0.15) is 5.06 Å². The minimum Gasteiger partial charge on any atom is -0.496 e. The molecule has 0 aromatic heterocycles. The van der Waals surface area contributed by atoms with E-state index in [2.05, 4.69) is 31.4 Å². The molecular formula is C42H55ClN4O6. The number of hydrogen-bond acceptors (Lipinski definition) is 8. The van der Waals surface area contributed by atoms with E-state index in [1.807, 2.05) is 67.5 Å². The average molecular weight is 747 g/mol. The number of carbonyl (C=O) groups is 2. The van der Waals surface area contributed by atoms with Crippen LogP contribution in [0, 0.1) is 29.1 Å². The Morgan fingerprint density at radius 2 is 1.85 bits per heavy atom. The Labute approximate surface area is 318 Å². The summed E-state index contributed by atoms with van der Waals surface area (Å²) >= 11 is 6.80. The van der Waals surface area contributed by atoms with Crippen molar-refractivity contribution >= 4 is 29.1 Å². The van der Waals surface area contributed by atoms with E-state index in [9.17, 15) is 19.8 Å². The van der Waals surface area contributed by atoms with E-state index in [4.69, 9.17) is 21.2 Å². The van der Waals surface area contributed by atoms with Crippen molar-refractivity contribution in [1.29, 1.82) is 0 Å². The molecule has 3 aromatic rings. The van der Waals surface area contributed by atoms with Crippen LogP contribution in [0.15, 0.2) is 60.7 Å². The van der Waals surface area contributed by atoms with Crippen LogP contribution in [0.25, 0.3) is 11.1 Å². The molecule has 7 rings (SSSR count). The summed E-state index contributed by atoms with van der Waals surface area (Å²) in [5, 5.41) is 29.7. The maximum absolute atomic E-state index is 14.3. The Balaban J connectivity index is 1.29. The molecule has 2 amide bonds. The van der Waals surface area contributed by atoms with E-state index in [-0.39, 0.29) is 36.4 Å². The molecule has 8 atom stereocenters. The number of hydroxylamine groups is 2. The third-order valence-electron chi connectivity index (χ3n) is 12.3. The summed E-state index contributed by atoms with van der Waals surface area (Å²) in [6, 6.07) is 18.4. The number of fused-ring (bicyclic) bond motifs is 2. The number of benzene rings is 3. The second-order valence-corrected chi connectivity index (χ2v) is 16.5. The molecular weight excluding hydrogens is 692 g/mol. The lowest BCUT2D eigenvalue weighted by atomic mass is 9.45. The first-order valence-electron chi connectivity index (χ1n) is 18.8. The first kappa shape index (κ1) is 39.0. The van der Waals surface area contributed by atoms with Gasteiger partial charge in [0.25, 0.3) is 5.91 Å². The highest BCUT2D eigenvalue weighted by molar-refractivity contribution is 6.31. The molecule has 4 N–H and O–H groups in total. The molecule has 3 saturated carbocycles. The zero-order valence-electron chi connectivity index (χ0n) is 31.9. The van der Waals surface area contributed by atoms with E-state index >= 15 is 0 Å². The van der Waals surface area contributed by atoms with Gasteiger partial charge in [0, 0.05) is 60.0 Å². The Kier molecular flexibility index (Phi) is 11.8. The van der Waals surface area contributed by atoms with Crippen molar-refractivity contribution in [3.05, 3.63) is 82.4 Å². The highest BCUT2D eigenvalue weighted by Crippen LogP contribution is 2.61. The molecule has 53 heavy (non-hydrogen) atoms. The first-order valence-corrected chi connectivity index (χ1v) is 19.1. The van der Waals surface area contributed by atoms with Crippen molar-refractivity contribution in [3.63, 3.8) is 0 Å². The lowest BCUT2D eigenvalue weighted by molar-refractivity contribution is -0.183. The second kappa shape index (κ2) is 16.0. The number of nitrogens with one attached hydrogen (secondary N) is 2. The highest BCUT2D eigenvalue weighted by atomic mass is 35.5. The van der Waals surface area contributed by atoms with Gasteiger partial charge in [0.1, 0.15) is 17.9 Å². The number of methoxy groups -OCH3 is 1. The lowest BCUT2D eigenvalue weighted by Crippen LogP contribution is -2.62. The Morgan fingerprint density at radius 1 is 1.11 bits per heavy atom. The molecule has 4 aliphatic rings. The Morgan fingerprint density at radius 3 is 2.47 bits per heavy atom. The fourth-order valence-corrected chi connectivity index (χ4v) is 9.34. The van der Waals surface area contributed by atoms with Gasteiger partial charge in [0.15, 0.2) is 0 Å². The van der Waals surface area contributed by atoms with Crippen LogP contribution in [0.2, 0.25) is 5.02 Å². The van der Waals surface area contributed by atoms with Gasteiger partial charge in [-0.15, -0.1) is 0 Å². The van der Waals surface area contributed by atoms with Crippen LogP contribution in [0.1, 0.15) is 62.0 Å². The number of ether oxygens (including phenoxy) is 1. The molecule has 1 heterocycles. The number of hydrogen-bond donors (Lipinski definition) is 4. The Bertz CT molecular complexity index is 1780. The molecule has 286 valence electrons. The third-order valence-corrected chi connectivity index (χ3v) is 12.5. The number of halogens is 1. The summed E-state index contributed by atoms with van der Waals surface area (Å²) in [6.45, 7) is 8.73. The monoisotopic (exact) mass is 746 g/mol. The summed E-state index contributed by atoms with van der Waals surface area (Å²) in [7, 11) is 5.41. The number of amides is 2. The zero-order chi connectivity index (χ0) is 38.2. The van der Waals surface area contributed by atoms with Crippen molar-refractivity contribution in [3.8, 4) is 16.9 Å². The van der Waals surface area contributed by atoms with E-state index in [0.29, 0.717) is 58.2 Å². The van der Waals surface area contributed by atoms with Crippen molar-refractivity contribution in [2.75, 3.05) is 39.3 Å². The number of aliphatic hydroxyl groups is 2. The highest BCUT2D eigenvalue weighted by Gasteiger charge is 2.57. The quantitative estimate of drug-likeness (QED) is 0.175. The van der Waals surface area contributed by atoms with Gasteiger partial charge in [-0.1, -0.05) is 62.7 Å². The summed E-state index contributed by atoms with van der Waals surface area (Å²) in [4.78, 5) is 35.9. The van der Waals surface area contributed by atoms with Gasteiger partial charge >= 0.3 is 0 Å². The van der Waals surface area contributed by atoms with Gasteiger partial charge in [-0.3, -0.25) is 14.4 Å². The molecule has 3 aliphatic carbocycles. The standard InChI is InChI=1S/C42H55ClN4O6/c1-24-34-19-30(42(34,3)4)20-35(24)45-41(51)38-37(25(2)49)36(23-48)53-47(38)22-29-16-31(43)21-33(39(29)52-7)27-15-28(18-32(17-27)46(5)6)40(50)44-14-13-26-11-9-8-10-12-26/h8-12,15-18,21,24-25,30,34-38,48-49H,13-14,19-20,22-23H2,1-7H3,(H,44,50)(H,45,51)/t24-,25-,30+,34-,35-,36-,37+,38-/m0/s1. The van der Waals surface area contributed by atoms with Crippen LogP contribution in [-0.2, 0) is 22.6 Å². The fourth-order valence-electron chi connectivity index (χ4n) is 9.10. The van der Waals surface area contributed by atoms with Crippen molar-refractivity contribution < 1.29 is 29.4 Å². The number of nitrogens with zero attached hydrogens (tertiary/aromatic N) is 2. The average Bonchev–Trinajstić information content (AvgIpc) is 3.50. The summed E-state index contributed by atoms with van der Waals surface area (Å²) in [5.41, 5.74) is 4.77. The second-order valence-electron chi connectivity index (χ2n) is 16.0. The van der Waals surface area contributed by atoms with Crippen LogP contribution >= 0.6 is 11.6 Å². The van der Waals surface area contributed by atoms with Crippen LogP contribution < -0.4 is 20.3 Å². The fraction of sp³-hybridized carbons (Fsp3) is 0.524. The van der Waals surface area contributed by atoms with Crippen LogP contribution in [0.4, 0.5) is 5.69 Å². The van der Waals surface area contributed by atoms with Crippen molar-refractivity contribution in [2.24, 2.45) is 29.1 Å². The predicted molar refractivity (Wildman–Crippen MR) is 208 cm³/mol. The molecule has 10 nitrogen and oxygen atoms in total. The SMILES string of the molecule is COc1c(CN2O[C@@H](CO)[C@@H]([C@H](C)O)[C@H]2C(=O)N[C@H]2C[C@H]3C[C@@H]([C@@H]2C)C3(C)C)cc(Cl)cc1-c1cc(C(=O)NCCc2ccccc2)cc(N(C)C)c1. The normalized spacial score (nSPS) is 26.7. The van der Waals surface area contributed by atoms with Gasteiger partial charge in [0.2, 0.25) is 5.91 Å². The first-order chi connectivity index (χ1) is 25.2. The molecule has 3 aromatic carbocycles. The zero-order valence-corrected chi connectivity index (χ0v) is 32.7. The number of aliphatic hydroxyl groups excluding tert-OH is 2. The molecule has 11 heteroatoms. The molecule has 0 radical (unpaired) electrons. The lowest BCUT2D eigenvalue weighted by Gasteiger charge is -2.62. The molecule has 1 saturated heterocycles. The number of anilines is 1. The summed E-state index contributed by atoms with van der Waals surface area (Å²) < 4.78 is 6.05. The number of carbonyl (C=O) groups excluding carboxylic acids is 2. The summed E-state index contributed by atoms with van der Waals surface area (Å²) in [6.07, 6.45) is 1.11. The van der Waals surface area contributed by atoms with Crippen LogP contribution in [0.3, 0.4) is 0 Å². The van der Waals surface area contributed by atoms with Gasteiger partial charge in [0.05, 0.1) is 26.4 Å². The van der Waals surface area contributed by atoms with Crippen LogP contribution in [-0.4, -0.2) is 85.7 Å². The predicted octanol–water partition coefficient (Wildman–Crippen LogP) is 5.71. The molecule has 1 aliphatic heterocycles. The smallest absolute Gasteiger partial charge is 0.251 e. The van der Waals surface area contributed by atoms with Gasteiger partial charge in [-0.25, -0.2) is 0 Å². The van der Waals surface area contributed by atoms with E-state index < -0.39 is 24.2 Å². The third kappa shape index (κ3) is 7.94. The topological polar surface area (TPSA) is 124 Å². The van der Waals surface area contributed by atoms with Crippen molar-refractivity contribution in [2.45, 2.75) is 77.8 Å². The minimum atomic E-state index is -0.924. The molecule has 0 unspecified atom stereocenters.